The number of halogens is 1. The van der Waals surface area contributed by atoms with Crippen LogP contribution in [0.5, 0.6) is 0 Å². The van der Waals surface area contributed by atoms with Gasteiger partial charge in [-0.2, -0.15) is 0 Å². The normalized spacial score (nSPS) is 11.3. The number of rotatable bonds is 6. The van der Waals surface area contributed by atoms with E-state index in [4.69, 9.17) is 17.3 Å². The number of ether oxygens (including phenoxy) is 1. The number of hydrogen-bond acceptors (Lipinski definition) is 4. The Kier molecular flexibility index (Phi) is 7.54. The third-order valence-electron chi connectivity index (χ3n) is 1.55. The van der Waals surface area contributed by atoms with Gasteiger partial charge in [0.15, 0.2) is 0 Å². The minimum absolute atomic E-state index is 0.168. The number of amides is 1. The Hall–Kier alpha value is -1.75. The van der Waals surface area contributed by atoms with Gasteiger partial charge < -0.3 is 15.8 Å². The van der Waals surface area contributed by atoms with Crippen LogP contribution in [0.15, 0.2) is 35.5 Å². The van der Waals surface area contributed by atoms with Gasteiger partial charge in [-0.3, -0.25) is 9.59 Å². The summed E-state index contributed by atoms with van der Waals surface area (Å²) in [5.74, 6) is -0.916. The van der Waals surface area contributed by atoms with Crippen molar-refractivity contribution in [1.29, 1.82) is 0 Å². The molecule has 0 saturated heterocycles. The monoisotopic (exact) mass is 258 g/mol. The molecule has 0 aliphatic heterocycles. The van der Waals surface area contributed by atoms with Crippen LogP contribution >= 0.6 is 11.6 Å². The van der Waals surface area contributed by atoms with Crippen LogP contribution in [0.4, 0.5) is 0 Å². The first-order valence-electron chi connectivity index (χ1n) is 4.89. The van der Waals surface area contributed by atoms with E-state index in [0.29, 0.717) is 0 Å². The van der Waals surface area contributed by atoms with E-state index in [1.807, 2.05) is 0 Å². The van der Waals surface area contributed by atoms with Crippen LogP contribution in [0.1, 0.15) is 6.92 Å². The second kappa shape index (κ2) is 8.41. The van der Waals surface area contributed by atoms with Gasteiger partial charge in [-0.05, 0) is 13.0 Å². The van der Waals surface area contributed by atoms with Gasteiger partial charge in [0.2, 0.25) is 5.91 Å². The number of nitrogens with one attached hydrogen (secondary N) is 1. The second-order valence-electron chi connectivity index (χ2n) is 2.91. The fourth-order valence-electron chi connectivity index (χ4n) is 0.760. The smallest absolute Gasteiger partial charge is 0.325 e. The summed E-state index contributed by atoms with van der Waals surface area (Å²) in [6.07, 6.45) is 4.05. The molecule has 0 fully saturated rings. The Balaban J connectivity index is 4.02. The van der Waals surface area contributed by atoms with E-state index in [2.05, 4.69) is 16.6 Å². The highest BCUT2D eigenvalue weighted by atomic mass is 35.5. The maximum absolute atomic E-state index is 11.2. The summed E-state index contributed by atoms with van der Waals surface area (Å²) >= 11 is 5.50. The molecule has 17 heavy (non-hydrogen) atoms. The molecule has 0 radical (unpaired) electrons. The predicted octanol–water partition coefficient (Wildman–Crippen LogP) is 0.817. The minimum atomic E-state index is -0.488. The molecule has 0 spiro atoms. The third-order valence-corrected chi connectivity index (χ3v) is 1.77. The molecule has 0 saturated carbocycles. The molecule has 0 aromatic heterocycles. The molecule has 6 heteroatoms. The molecule has 0 unspecified atom stereocenters. The van der Waals surface area contributed by atoms with Gasteiger partial charge in [-0.1, -0.05) is 24.3 Å². The summed E-state index contributed by atoms with van der Waals surface area (Å²) < 4.78 is 4.63. The van der Waals surface area contributed by atoms with E-state index in [-0.39, 0.29) is 23.9 Å². The first-order chi connectivity index (χ1) is 7.97. The molecule has 94 valence electrons. The van der Waals surface area contributed by atoms with Crippen molar-refractivity contribution in [2.45, 2.75) is 6.92 Å². The van der Waals surface area contributed by atoms with Gasteiger partial charge in [0.1, 0.15) is 6.54 Å². The molecular formula is C11H15ClN2O3. The summed E-state index contributed by atoms with van der Waals surface area (Å²) in [6, 6.07) is 0. The number of allylic oxidation sites excluding steroid dienone is 3. The molecule has 0 aliphatic carbocycles. The van der Waals surface area contributed by atoms with Crippen molar-refractivity contribution in [3.8, 4) is 0 Å². The van der Waals surface area contributed by atoms with E-state index in [1.54, 1.807) is 6.92 Å². The van der Waals surface area contributed by atoms with Crippen molar-refractivity contribution < 1.29 is 14.3 Å². The summed E-state index contributed by atoms with van der Waals surface area (Å²) in [6.45, 7) is 5.21. The van der Waals surface area contributed by atoms with E-state index in [0.717, 1.165) is 0 Å². The maximum Gasteiger partial charge on any atom is 0.325 e. The van der Waals surface area contributed by atoms with Gasteiger partial charge in [-0.25, -0.2) is 0 Å². The highest BCUT2D eigenvalue weighted by molar-refractivity contribution is 6.31. The number of hydrogen-bond donors (Lipinski definition) is 2. The van der Waals surface area contributed by atoms with E-state index >= 15 is 0 Å². The summed E-state index contributed by atoms with van der Waals surface area (Å²) in [7, 11) is 0. The van der Waals surface area contributed by atoms with Gasteiger partial charge in [-0.15, -0.1) is 0 Å². The van der Waals surface area contributed by atoms with Crippen molar-refractivity contribution in [2.24, 2.45) is 5.73 Å². The first-order valence-corrected chi connectivity index (χ1v) is 5.27. The minimum Gasteiger partial charge on any atom is -0.465 e. The van der Waals surface area contributed by atoms with Crippen LogP contribution in [0.3, 0.4) is 0 Å². The molecule has 0 atom stereocenters. The standard InChI is InChI=1S/C11H15ClN2O3/c1-3-17-11(16)7-14-10(15)6-4-5-9(13)8(2)12/h4-6H,2-3,7,13H2,1H3,(H,14,15)/b6-4+,9-5+. The molecule has 0 aliphatic rings. The summed E-state index contributed by atoms with van der Waals surface area (Å²) in [5.41, 5.74) is 5.70. The molecule has 0 aromatic rings. The molecule has 1 amide bonds. The lowest BCUT2D eigenvalue weighted by molar-refractivity contribution is -0.143. The molecule has 0 bridgehead atoms. The lowest BCUT2D eigenvalue weighted by Gasteiger charge is -2.01. The zero-order valence-electron chi connectivity index (χ0n) is 9.53. The highest BCUT2D eigenvalue weighted by Gasteiger charge is 2.02. The average molecular weight is 259 g/mol. The fraction of sp³-hybridized carbons (Fsp3) is 0.273. The highest BCUT2D eigenvalue weighted by Crippen LogP contribution is 2.04. The van der Waals surface area contributed by atoms with Crippen LogP contribution in [0, 0.1) is 0 Å². The molecule has 0 heterocycles. The fourth-order valence-corrected chi connectivity index (χ4v) is 0.823. The summed E-state index contributed by atoms with van der Waals surface area (Å²) in [4.78, 5) is 22.1. The second-order valence-corrected chi connectivity index (χ2v) is 3.37. The Morgan fingerprint density at radius 2 is 2.18 bits per heavy atom. The molecule has 0 aromatic carbocycles. The third kappa shape index (κ3) is 8.10. The molecule has 0 rings (SSSR count). The number of nitrogens with two attached hydrogens (primary N) is 1. The first kappa shape index (κ1) is 15.2. The van der Waals surface area contributed by atoms with Crippen molar-refractivity contribution in [2.75, 3.05) is 13.2 Å². The van der Waals surface area contributed by atoms with Crippen LogP contribution in [-0.4, -0.2) is 25.0 Å². The number of esters is 1. The lowest BCUT2D eigenvalue weighted by atomic mass is 10.3. The Labute approximate surface area is 105 Å². The lowest BCUT2D eigenvalue weighted by Crippen LogP contribution is -2.29. The van der Waals surface area contributed by atoms with E-state index in [1.165, 1.54) is 18.2 Å². The van der Waals surface area contributed by atoms with E-state index in [9.17, 15) is 9.59 Å². The average Bonchev–Trinajstić information content (AvgIpc) is 2.26. The van der Waals surface area contributed by atoms with Crippen LogP contribution in [0.2, 0.25) is 0 Å². The largest absolute Gasteiger partial charge is 0.465 e. The topological polar surface area (TPSA) is 81.4 Å². The van der Waals surface area contributed by atoms with Gasteiger partial charge in [0.05, 0.1) is 11.6 Å². The van der Waals surface area contributed by atoms with Crippen molar-refractivity contribution >= 4 is 23.5 Å². The Morgan fingerprint density at radius 3 is 2.71 bits per heavy atom. The zero-order valence-corrected chi connectivity index (χ0v) is 10.3. The maximum atomic E-state index is 11.2. The van der Waals surface area contributed by atoms with Crippen LogP contribution in [0.25, 0.3) is 0 Å². The molecule has 3 N–H and O–H groups in total. The number of carbonyl (C=O) groups is 2. The van der Waals surface area contributed by atoms with Crippen molar-refractivity contribution in [1.82, 2.24) is 5.32 Å². The van der Waals surface area contributed by atoms with Crippen LogP contribution < -0.4 is 11.1 Å². The SMILES string of the molecule is C=C(Cl)/C(N)=C\C=C\C(=O)NCC(=O)OCC. The zero-order chi connectivity index (χ0) is 13.3. The molecular weight excluding hydrogens is 244 g/mol. The van der Waals surface area contributed by atoms with Gasteiger partial charge >= 0.3 is 5.97 Å². The Morgan fingerprint density at radius 1 is 1.53 bits per heavy atom. The van der Waals surface area contributed by atoms with Gasteiger partial charge in [0.25, 0.3) is 0 Å². The Bertz CT molecular complexity index is 362. The quantitative estimate of drug-likeness (QED) is 0.420. The summed E-state index contributed by atoms with van der Waals surface area (Å²) in [5, 5.41) is 2.54. The van der Waals surface area contributed by atoms with E-state index < -0.39 is 11.9 Å². The van der Waals surface area contributed by atoms with Gasteiger partial charge in [0, 0.05) is 11.8 Å². The predicted molar refractivity (Wildman–Crippen MR) is 66.0 cm³/mol. The van der Waals surface area contributed by atoms with Crippen molar-refractivity contribution in [3.63, 3.8) is 0 Å². The van der Waals surface area contributed by atoms with Crippen molar-refractivity contribution in [3.05, 3.63) is 35.5 Å². The number of carbonyl (C=O) groups excluding carboxylic acids is 2. The molecule has 5 nitrogen and oxygen atoms in total. The van der Waals surface area contributed by atoms with Crippen LogP contribution in [-0.2, 0) is 14.3 Å².